The molecule has 0 spiro atoms. The quantitative estimate of drug-likeness (QED) is 0.726. The molecule has 1 aromatic heterocycles. The minimum absolute atomic E-state index is 0.407. The monoisotopic (exact) mass is 271 g/mol. The van der Waals surface area contributed by atoms with Crippen LogP contribution >= 0.6 is 34.8 Å². The molecule has 1 heterocycles. The van der Waals surface area contributed by atoms with Gasteiger partial charge in [0.1, 0.15) is 10.3 Å². The van der Waals surface area contributed by atoms with Gasteiger partial charge in [0.25, 0.3) is 0 Å². The number of hydrogen-bond donors (Lipinski definition) is 0. The van der Waals surface area contributed by atoms with Crippen molar-refractivity contribution in [3.63, 3.8) is 0 Å². The summed E-state index contributed by atoms with van der Waals surface area (Å²) in [5.74, 6) is 0. The Bertz CT molecular complexity index is 494. The van der Waals surface area contributed by atoms with E-state index in [-0.39, 0.29) is 0 Å². The number of benzene rings is 1. The lowest BCUT2D eigenvalue weighted by molar-refractivity contribution is 1.15. The van der Waals surface area contributed by atoms with Crippen LogP contribution in [-0.4, -0.2) is 4.98 Å². The summed E-state index contributed by atoms with van der Waals surface area (Å²) in [6, 6.07) is 11.3. The van der Waals surface area contributed by atoms with Gasteiger partial charge in [-0.3, -0.25) is 0 Å². The predicted octanol–water partition coefficient (Wildman–Crippen LogP) is 4.63. The van der Waals surface area contributed by atoms with Crippen molar-refractivity contribution in [3.05, 3.63) is 62.9 Å². The predicted molar refractivity (Wildman–Crippen MR) is 68.5 cm³/mol. The Morgan fingerprint density at radius 3 is 2.19 bits per heavy atom. The van der Waals surface area contributed by atoms with Crippen LogP contribution in [0.2, 0.25) is 15.3 Å². The van der Waals surface area contributed by atoms with E-state index >= 15 is 0 Å². The number of pyridine rings is 1. The second-order valence-electron chi connectivity index (χ2n) is 3.39. The Hall–Kier alpha value is -0.760. The number of nitrogens with zero attached hydrogens (tertiary/aromatic N) is 1. The molecule has 0 fully saturated rings. The lowest BCUT2D eigenvalue weighted by Gasteiger charge is -2.04. The molecule has 1 nitrogen and oxygen atoms in total. The van der Waals surface area contributed by atoms with Gasteiger partial charge >= 0.3 is 0 Å². The highest BCUT2D eigenvalue weighted by molar-refractivity contribution is 6.32. The summed E-state index contributed by atoms with van der Waals surface area (Å²) in [5, 5.41) is 1.58. The van der Waals surface area contributed by atoms with Crippen molar-refractivity contribution in [1.29, 1.82) is 0 Å². The summed E-state index contributed by atoms with van der Waals surface area (Å²) in [5.41, 5.74) is 2.09. The zero-order valence-electron chi connectivity index (χ0n) is 8.25. The van der Waals surface area contributed by atoms with Crippen LogP contribution in [0.5, 0.6) is 0 Å². The Kier molecular flexibility index (Phi) is 3.70. The van der Waals surface area contributed by atoms with Crippen LogP contribution in [0.1, 0.15) is 11.1 Å². The first kappa shape index (κ1) is 11.7. The molecule has 82 valence electrons. The lowest BCUT2D eigenvalue weighted by atomic mass is 10.1. The fourth-order valence-electron chi connectivity index (χ4n) is 1.39. The van der Waals surface area contributed by atoms with Gasteiger partial charge in [-0.25, -0.2) is 4.98 Å². The third-order valence-corrected chi connectivity index (χ3v) is 2.99. The minimum atomic E-state index is 0.407. The van der Waals surface area contributed by atoms with Crippen LogP contribution in [0.25, 0.3) is 0 Å². The van der Waals surface area contributed by atoms with E-state index in [2.05, 4.69) is 4.98 Å². The maximum Gasteiger partial charge on any atom is 0.134 e. The van der Waals surface area contributed by atoms with Gasteiger partial charge < -0.3 is 0 Å². The number of halogens is 3. The Balaban J connectivity index is 2.23. The highest BCUT2D eigenvalue weighted by Crippen LogP contribution is 2.20. The highest BCUT2D eigenvalue weighted by Gasteiger charge is 2.03. The fourth-order valence-corrected chi connectivity index (χ4v) is 1.93. The van der Waals surface area contributed by atoms with Crippen LogP contribution in [0, 0.1) is 0 Å². The van der Waals surface area contributed by atoms with Crippen LogP contribution in [0.15, 0.2) is 36.4 Å². The third kappa shape index (κ3) is 2.88. The second kappa shape index (κ2) is 5.05. The molecule has 2 aromatic rings. The molecule has 0 unspecified atom stereocenters. The van der Waals surface area contributed by atoms with Crippen molar-refractivity contribution >= 4 is 34.8 Å². The van der Waals surface area contributed by atoms with Crippen molar-refractivity contribution in [2.24, 2.45) is 0 Å². The Labute approximate surface area is 109 Å². The van der Waals surface area contributed by atoms with E-state index in [4.69, 9.17) is 34.8 Å². The second-order valence-corrected chi connectivity index (χ2v) is 4.57. The van der Waals surface area contributed by atoms with Gasteiger partial charge in [0, 0.05) is 11.4 Å². The lowest BCUT2D eigenvalue weighted by Crippen LogP contribution is -1.91. The summed E-state index contributed by atoms with van der Waals surface area (Å²) >= 11 is 17.5. The molecule has 0 N–H and O–H groups in total. The maximum absolute atomic E-state index is 5.99. The zero-order chi connectivity index (χ0) is 11.5. The molecule has 16 heavy (non-hydrogen) atoms. The first-order valence-electron chi connectivity index (χ1n) is 4.70. The van der Waals surface area contributed by atoms with Gasteiger partial charge in [-0.05, 0) is 29.3 Å². The number of hydrogen-bond acceptors (Lipinski definition) is 1. The zero-order valence-corrected chi connectivity index (χ0v) is 10.5. The molecular weight excluding hydrogens is 264 g/mol. The fraction of sp³-hybridized carbons (Fsp3) is 0.0833. The topological polar surface area (TPSA) is 12.9 Å². The van der Waals surface area contributed by atoms with Crippen LogP contribution in [0.4, 0.5) is 0 Å². The molecule has 0 aliphatic rings. The minimum Gasteiger partial charge on any atom is -0.224 e. The van der Waals surface area contributed by atoms with Crippen molar-refractivity contribution in [2.45, 2.75) is 6.42 Å². The van der Waals surface area contributed by atoms with Crippen molar-refractivity contribution < 1.29 is 0 Å². The highest BCUT2D eigenvalue weighted by atomic mass is 35.5. The standard InChI is InChI=1S/C12H8Cl3N/c13-10-4-1-8(2-5-10)7-9-3-6-11(14)16-12(9)15/h1-6H,7H2. The van der Waals surface area contributed by atoms with Gasteiger partial charge in [0.2, 0.25) is 0 Å². The van der Waals surface area contributed by atoms with E-state index in [1.807, 2.05) is 30.3 Å². The van der Waals surface area contributed by atoms with Gasteiger partial charge in [-0.2, -0.15) is 0 Å². The third-order valence-electron chi connectivity index (χ3n) is 2.20. The molecule has 0 aliphatic carbocycles. The van der Waals surface area contributed by atoms with E-state index in [9.17, 15) is 0 Å². The van der Waals surface area contributed by atoms with Crippen LogP contribution in [-0.2, 0) is 6.42 Å². The van der Waals surface area contributed by atoms with Crippen molar-refractivity contribution in [2.75, 3.05) is 0 Å². The molecule has 0 saturated heterocycles. The molecule has 0 aliphatic heterocycles. The van der Waals surface area contributed by atoms with Gasteiger partial charge in [0.15, 0.2) is 0 Å². The van der Waals surface area contributed by atoms with E-state index in [1.54, 1.807) is 6.07 Å². The maximum atomic E-state index is 5.99. The number of rotatable bonds is 2. The average Bonchev–Trinajstić information content (AvgIpc) is 2.25. The summed E-state index contributed by atoms with van der Waals surface area (Å²) in [7, 11) is 0. The first-order chi connectivity index (χ1) is 7.65. The van der Waals surface area contributed by atoms with Crippen molar-refractivity contribution in [1.82, 2.24) is 4.98 Å². The van der Waals surface area contributed by atoms with Crippen molar-refractivity contribution in [3.8, 4) is 0 Å². The Morgan fingerprint density at radius 1 is 0.875 bits per heavy atom. The van der Waals surface area contributed by atoms with Crippen LogP contribution in [0.3, 0.4) is 0 Å². The van der Waals surface area contributed by atoms with E-state index in [1.165, 1.54) is 0 Å². The summed E-state index contributed by atoms with van der Waals surface area (Å²) in [6.07, 6.45) is 0.722. The van der Waals surface area contributed by atoms with E-state index in [0.29, 0.717) is 10.3 Å². The molecule has 0 amide bonds. The van der Waals surface area contributed by atoms with E-state index < -0.39 is 0 Å². The molecule has 0 saturated carbocycles. The van der Waals surface area contributed by atoms with Gasteiger partial charge in [-0.15, -0.1) is 0 Å². The van der Waals surface area contributed by atoms with Gasteiger partial charge in [-0.1, -0.05) is 53.0 Å². The first-order valence-corrected chi connectivity index (χ1v) is 5.84. The van der Waals surface area contributed by atoms with E-state index in [0.717, 1.165) is 22.6 Å². The number of aromatic nitrogens is 1. The summed E-state index contributed by atoms with van der Waals surface area (Å²) in [6.45, 7) is 0. The molecule has 1 aromatic carbocycles. The normalized spacial score (nSPS) is 10.4. The summed E-state index contributed by atoms with van der Waals surface area (Å²) in [4.78, 5) is 3.99. The molecule has 0 radical (unpaired) electrons. The molecule has 4 heteroatoms. The summed E-state index contributed by atoms with van der Waals surface area (Å²) < 4.78 is 0. The Morgan fingerprint density at radius 2 is 1.56 bits per heavy atom. The largest absolute Gasteiger partial charge is 0.224 e. The average molecular weight is 273 g/mol. The molecule has 2 rings (SSSR count). The molecule has 0 bridgehead atoms. The van der Waals surface area contributed by atoms with Gasteiger partial charge in [0.05, 0.1) is 0 Å². The smallest absolute Gasteiger partial charge is 0.134 e. The van der Waals surface area contributed by atoms with Crippen LogP contribution < -0.4 is 0 Å². The SMILES string of the molecule is Clc1ccc(Cc2ccc(Cl)nc2Cl)cc1. The molecule has 0 atom stereocenters. The molecular formula is C12H8Cl3N.